The Labute approximate surface area is 164 Å². The SMILES string of the molecule is CCCCCCCCOC(=O)C1CCN(C(=O)CCc2ccccc2)CC1. The molecule has 1 heterocycles. The van der Waals surface area contributed by atoms with E-state index in [1.165, 1.54) is 31.2 Å². The van der Waals surface area contributed by atoms with E-state index in [4.69, 9.17) is 4.74 Å². The third kappa shape index (κ3) is 8.15. The van der Waals surface area contributed by atoms with Gasteiger partial charge in [-0.2, -0.15) is 0 Å². The lowest BCUT2D eigenvalue weighted by Crippen LogP contribution is -2.40. The monoisotopic (exact) mass is 373 g/mol. The molecule has 0 N–H and O–H groups in total. The number of esters is 1. The number of carbonyl (C=O) groups is 2. The van der Waals surface area contributed by atoms with Crippen LogP contribution in [0.25, 0.3) is 0 Å². The van der Waals surface area contributed by atoms with Gasteiger partial charge in [-0.1, -0.05) is 69.4 Å². The number of carbonyl (C=O) groups excluding carboxylic acids is 2. The summed E-state index contributed by atoms with van der Waals surface area (Å²) < 4.78 is 5.45. The Morgan fingerprint density at radius 3 is 2.37 bits per heavy atom. The molecule has 0 aliphatic carbocycles. The fourth-order valence-corrected chi connectivity index (χ4v) is 3.59. The molecular formula is C23H35NO3. The highest BCUT2D eigenvalue weighted by molar-refractivity contribution is 5.77. The molecule has 1 aliphatic heterocycles. The van der Waals surface area contributed by atoms with Crippen molar-refractivity contribution in [1.29, 1.82) is 0 Å². The summed E-state index contributed by atoms with van der Waals surface area (Å²) in [5.74, 6) is 0.0842. The van der Waals surface area contributed by atoms with Crippen LogP contribution < -0.4 is 0 Å². The molecule has 0 unspecified atom stereocenters. The van der Waals surface area contributed by atoms with E-state index in [2.05, 4.69) is 19.1 Å². The lowest BCUT2D eigenvalue weighted by molar-refractivity contribution is -0.151. The van der Waals surface area contributed by atoms with Crippen molar-refractivity contribution in [3.63, 3.8) is 0 Å². The van der Waals surface area contributed by atoms with Gasteiger partial charge < -0.3 is 9.64 Å². The zero-order valence-electron chi connectivity index (χ0n) is 16.8. The number of hydrogen-bond donors (Lipinski definition) is 0. The van der Waals surface area contributed by atoms with Gasteiger partial charge in [-0.05, 0) is 31.2 Å². The number of hydrogen-bond acceptors (Lipinski definition) is 3. The molecule has 0 saturated carbocycles. The minimum atomic E-state index is -0.0695. The largest absolute Gasteiger partial charge is 0.465 e. The van der Waals surface area contributed by atoms with E-state index in [1.54, 1.807) is 0 Å². The van der Waals surface area contributed by atoms with E-state index in [9.17, 15) is 9.59 Å². The second kappa shape index (κ2) is 12.5. The van der Waals surface area contributed by atoms with Crippen molar-refractivity contribution >= 4 is 11.9 Å². The molecule has 0 bridgehead atoms. The van der Waals surface area contributed by atoms with Crippen molar-refractivity contribution in [1.82, 2.24) is 4.90 Å². The minimum absolute atomic E-state index is 0.0386. The first-order valence-corrected chi connectivity index (χ1v) is 10.7. The molecule has 0 atom stereocenters. The Morgan fingerprint density at radius 2 is 1.67 bits per heavy atom. The second-order valence-electron chi connectivity index (χ2n) is 7.58. The van der Waals surface area contributed by atoms with E-state index >= 15 is 0 Å². The second-order valence-corrected chi connectivity index (χ2v) is 7.58. The Hall–Kier alpha value is -1.84. The summed E-state index contributed by atoms with van der Waals surface area (Å²) in [5.41, 5.74) is 1.19. The topological polar surface area (TPSA) is 46.6 Å². The van der Waals surface area contributed by atoms with Crippen molar-refractivity contribution in [3.05, 3.63) is 35.9 Å². The fraction of sp³-hybridized carbons (Fsp3) is 0.652. The number of likely N-dealkylation sites (tertiary alicyclic amines) is 1. The molecule has 1 fully saturated rings. The summed E-state index contributed by atoms with van der Waals surface area (Å²) in [4.78, 5) is 26.5. The Bertz CT molecular complexity index is 550. The first-order valence-electron chi connectivity index (χ1n) is 10.7. The fourth-order valence-electron chi connectivity index (χ4n) is 3.59. The van der Waals surface area contributed by atoms with Gasteiger partial charge in [0.2, 0.25) is 5.91 Å². The molecule has 1 aromatic rings. The van der Waals surface area contributed by atoms with Gasteiger partial charge in [-0.15, -0.1) is 0 Å². The van der Waals surface area contributed by atoms with E-state index in [0.29, 0.717) is 26.1 Å². The van der Waals surface area contributed by atoms with Crippen molar-refractivity contribution in [3.8, 4) is 0 Å². The van der Waals surface area contributed by atoms with Crippen molar-refractivity contribution < 1.29 is 14.3 Å². The van der Waals surface area contributed by atoms with Crippen molar-refractivity contribution in [2.75, 3.05) is 19.7 Å². The highest BCUT2D eigenvalue weighted by Crippen LogP contribution is 2.20. The summed E-state index contributed by atoms with van der Waals surface area (Å²) in [7, 11) is 0. The van der Waals surface area contributed by atoms with Crippen molar-refractivity contribution in [2.45, 2.75) is 71.1 Å². The van der Waals surface area contributed by atoms with Crippen LogP contribution in [0.4, 0.5) is 0 Å². The molecule has 1 amide bonds. The summed E-state index contributed by atoms with van der Waals surface area (Å²) in [5, 5.41) is 0. The maximum Gasteiger partial charge on any atom is 0.309 e. The van der Waals surface area contributed by atoms with Gasteiger partial charge in [-0.25, -0.2) is 0 Å². The molecule has 0 spiro atoms. The summed E-state index contributed by atoms with van der Waals surface area (Å²) in [6.07, 6.45) is 9.94. The number of aryl methyl sites for hydroxylation is 1. The standard InChI is InChI=1S/C23H35NO3/c1-2-3-4-5-6-10-19-27-23(26)21-15-17-24(18-16-21)22(25)14-13-20-11-8-7-9-12-20/h7-9,11-12,21H,2-6,10,13-19H2,1H3. The number of ether oxygens (including phenoxy) is 1. The highest BCUT2D eigenvalue weighted by atomic mass is 16.5. The Balaban J connectivity index is 1.57. The molecule has 2 rings (SSSR count). The summed E-state index contributed by atoms with van der Waals surface area (Å²) in [6.45, 7) is 4.10. The smallest absolute Gasteiger partial charge is 0.309 e. The number of benzene rings is 1. The molecule has 150 valence electrons. The van der Waals surface area contributed by atoms with E-state index in [0.717, 1.165) is 32.1 Å². The predicted octanol–water partition coefficient (Wildman–Crippen LogP) is 4.76. The van der Waals surface area contributed by atoms with Gasteiger partial charge in [0, 0.05) is 19.5 Å². The molecule has 1 saturated heterocycles. The van der Waals surface area contributed by atoms with Gasteiger partial charge in [0.25, 0.3) is 0 Å². The van der Waals surface area contributed by atoms with Crippen LogP contribution in [-0.2, 0) is 20.7 Å². The number of rotatable bonds is 11. The number of nitrogens with zero attached hydrogens (tertiary/aromatic N) is 1. The third-order valence-electron chi connectivity index (χ3n) is 5.39. The third-order valence-corrected chi connectivity index (χ3v) is 5.39. The van der Waals surface area contributed by atoms with Crippen LogP contribution in [0.3, 0.4) is 0 Å². The number of piperidine rings is 1. The van der Waals surface area contributed by atoms with Gasteiger partial charge >= 0.3 is 5.97 Å². The van der Waals surface area contributed by atoms with Crippen molar-refractivity contribution in [2.24, 2.45) is 5.92 Å². The number of amides is 1. The van der Waals surface area contributed by atoms with E-state index < -0.39 is 0 Å². The first-order chi connectivity index (χ1) is 13.2. The lowest BCUT2D eigenvalue weighted by atomic mass is 9.96. The molecule has 4 heteroatoms. The quantitative estimate of drug-likeness (QED) is 0.415. The molecule has 0 radical (unpaired) electrons. The van der Waals surface area contributed by atoms with Crippen LogP contribution in [0.2, 0.25) is 0 Å². The normalized spacial score (nSPS) is 14.9. The van der Waals surface area contributed by atoms with E-state index in [1.807, 2.05) is 23.1 Å². The first kappa shape index (κ1) is 21.5. The minimum Gasteiger partial charge on any atom is -0.465 e. The van der Waals surface area contributed by atoms with Crippen LogP contribution in [0.15, 0.2) is 30.3 Å². The van der Waals surface area contributed by atoms with Gasteiger partial charge in [-0.3, -0.25) is 9.59 Å². The molecule has 0 aromatic heterocycles. The molecule has 1 aromatic carbocycles. The van der Waals surface area contributed by atoms with Gasteiger partial charge in [0.05, 0.1) is 12.5 Å². The molecule has 4 nitrogen and oxygen atoms in total. The Morgan fingerprint density at radius 1 is 1.00 bits per heavy atom. The average molecular weight is 374 g/mol. The maximum atomic E-state index is 12.4. The Kier molecular flexibility index (Phi) is 9.96. The molecular weight excluding hydrogens is 338 g/mol. The van der Waals surface area contributed by atoms with Gasteiger partial charge in [0.15, 0.2) is 0 Å². The van der Waals surface area contributed by atoms with Crippen LogP contribution in [0.1, 0.15) is 70.3 Å². The maximum absolute atomic E-state index is 12.4. The average Bonchev–Trinajstić information content (AvgIpc) is 2.72. The molecule has 1 aliphatic rings. The predicted molar refractivity (Wildman–Crippen MR) is 108 cm³/mol. The number of unbranched alkanes of at least 4 members (excludes halogenated alkanes) is 5. The van der Waals surface area contributed by atoms with Crippen LogP contribution in [0, 0.1) is 5.92 Å². The summed E-state index contributed by atoms with van der Waals surface area (Å²) in [6, 6.07) is 10.1. The summed E-state index contributed by atoms with van der Waals surface area (Å²) >= 11 is 0. The van der Waals surface area contributed by atoms with Crippen LogP contribution in [0.5, 0.6) is 0 Å². The van der Waals surface area contributed by atoms with E-state index in [-0.39, 0.29) is 17.8 Å². The van der Waals surface area contributed by atoms with Crippen LogP contribution >= 0.6 is 0 Å². The zero-order chi connectivity index (χ0) is 19.3. The van der Waals surface area contributed by atoms with Crippen LogP contribution in [-0.4, -0.2) is 36.5 Å². The molecule has 27 heavy (non-hydrogen) atoms. The van der Waals surface area contributed by atoms with Gasteiger partial charge in [0.1, 0.15) is 0 Å². The zero-order valence-corrected chi connectivity index (χ0v) is 16.8. The lowest BCUT2D eigenvalue weighted by Gasteiger charge is -2.31. The highest BCUT2D eigenvalue weighted by Gasteiger charge is 2.28.